The van der Waals surface area contributed by atoms with Gasteiger partial charge in [-0.25, -0.2) is 4.98 Å². The average Bonchev–Trinajstić information content (AvgIpc) is 2.29. The molecule has 0 spiro atoms. The van der Waals surface area contributed by atoms with Crippen LogP contribution in [-0.4, -0.2) is 30.1 Å². The van der Waals surface area contributed by atoms with Crippen LogP contribution in [0.4, 0.5) is 0 Å². The minimum atomic E-state index is -0.210. The summed E-state index contributed by atoms with van der Waals surface area (Å²) in [5, 5.41) is 7.28. The molecule has 1 rings (SSSR count). The summed E-state index contributed by atoms with van der Waals surface area (Å²) in [5.74, 6) is 0.414. The maximum absolute atomic E-state index is 7.28. The summed E-state index contributed by atoms with van der Waals surface area (Å²) in [6, 6.07) is 5.18. The first-order chi connectivity index (χ1) is 7.94. The van der Waals surface area contributed by atoms with Gasteiger partial charge in [-0.2, -0.15) is 0 Å². The minimum Gasteiger partial charge on any atom is -0.478 e. The molecule has 17 heavy (non-hydrogen) atoms. The zero-order valence-electron chi connectivity index (χ0n) is 10.5. The molecule has 5 heteroatoms. The molecule has 0 unspecified atom stereocenters. The summed E-state index contributed by atoms with van der Waals surface area (Å²) in [6.07, 6.45) is 0.759. The molecular weight excluding hydrogens is 218 g/mol. The first-order valence-corrected chi connectivity index (χ1v) is 5.44. The second-order valence-corrected chi connectivity index (χ2v) is 4.34. The highest BCUT2D eigenvalue weighted by Crippen LogP contribution is 2.14. The Bertz CT molecular complexity index is 391. The number of amidine groups is 1. The van der Waals surface area contributed by atoms with Crippen LogP contribution in [0, 0.1) is 5.41 Å². The van der Waals surface area contributed by atoms with Gasteiger partial charge in [0.25, 0.3) is 0 Å². The van der Waals surface area contributed by atoms with Crippen LogP contribution in [0.25, 0.3) is 0 Å². The van der Waals surface area contributed by atoms with Gasteiger partial charge in [0.2, 0.25) is 5.88 Å². The van der Waals surface area contributed by atoms with Gasteiger partial charge in [0.1, 0.15) is 11.5 Å². The lowest BCUT2D eigenvalue weighted by atomic mass is 10.1. The molecule has 0 aliphatic heterocycles. The van der Waals surface area contributed by atoms with Crippen molar-refractivity contribution >= 4 is 5.84 Å². The molecule has 0 amide bonds. The van der Waals surface area contributed by atoms with E-state index in [4.69, 9.17) is 20.6 Å². The van der Waals surface area contributed by atoms with Crippen molar-refractivity contribution in [1.29, 1.82) is 5.41 Å². The van der Waals surface area contributed by atoms with Crippen LogP contribution >= 0.6 is 0 Å². The first-order valence-electron chi connectivity index (χ1n) is 5.44. The SMILES string of the molecule is COC(C)(C)CCOc1cccc(C(=N)N)n1. The predicted octanol–water partition coefficient (Wildman–Crippen LogP) is 1.56. The normalized spacial score (nSPS) is 11.2. The second kappa shape index (κ2) is 5.63. The van der Waals surface area contributed by atoms with Crippen molar-refractivity contribution < 1.29 is 9.47 Å². The molecule has 0 aliphatic rings. The minimum absolute atomic E-state index is 0.0623. The number of aromatic nitrogens is 1. The van der Waals surface area contributed by atoms with E-state index in [1.165, 1.54) is 0 Å². The molecule has 0 aliphatic carbocycles. The Morgan fingerprint density at radius 3 is 2.76 bits per heavy atom. The summed E-state index contributed by atoms with van der Waals surface area (Å²) in [6.45, 7) is 4.50. The van der Waals surface area contributed by atoms with E-state index >= 15 is 0 Å². The van der Waals surface area contributed by atoms with E-state index in [1.54, 1.807) is 25.3 Å². The lowest BCUT2D eigenvalue weighted by Crippen LogP contribution is -2.25. The maximum Gasteiger partial charge on any atom is 0.213 e. The number of nitrogens with zero attached hydrogens (tertiary/aromatic N) is 1. The fourth-order valence-electron chi connectivity index (χ4n) is 1.15. The summed E-state index contributed by atoms with van der Waals surface area (Å²) >= 11 is 0. The van der Waals surface area contributed by atoms with E-state index in [-0.39, 0.29) is 11.4 Å². The van der Waals surface area contributed by atoms with E-state index in [1.807, 2.05) is 13.8 Å². The number of nitrogens with two attached hydrogens (primary N) is 1. The lowest BCUT2D eigenvalue weighted by Gasteiger charge is -2.22. The largest absolute Gasteiger partial charge is 0.478 e. The van der Waals surface area contributed by atoms with Gasteiger partial charge in [0, 0.05) is 19.6 Å². The number of rotatable bonds is 6. The number of ether oxygens (including phenoxy) is 2. The van der Waals surface area contributed by atoms with Crippen molar-refractivity contribution in [3.63, 3.8) is 0 Å². The Kier molecular flexibility index (Phi) is 4.45. The second-order valence-electron chi connectivity index (χ2n) is 4.34. The van der Waals surface area contributed by atoms with Gasteiger partial charge in [0.15, 0.2) is 0 Å². The molecule has 0 saturated carbocycles. The summed E-state index contributed by atoms with van der Waals surface area (Å²) in [5.41, 5.74) is 5.56. The van der Waals surface area contributed by atoms with Crippen LogP contribution < -0.4 is 10.5 Å². The third-order valence-corrected chi connectivity index (χ3v) is 2.51. The van der Waals surface area contributed by atoms with Crippen LogP contribution in [0.1, 0.15) is 26.0 Å². The van der Waals surface area contributed by atoms with Crippen LogP contribution in [-0.2, 0) is 4.74 Å². The van der Waals surface area contributed by atoms with Crippen LogP contribution in [0.5, 0.6) is 5.88 Å². The van der Waals surface area contributed by atoms with Gasteiger partial charge >= 0.3 is 0 Å². The maximum atomic E-state index is 7.28. The number of nitrogen functional groups attached to an aromatic ring is 1. The molecular formula is C12H19N3O2. The highest BCUT2D eigenvalue weighted by Gasteiger charge is 2.16. The van der Waals surface area contributed by atoms with Gasteiger partial charge < -0.3 is 15.2 Å². The molecule has 0 aromatic carbocycles. The van der Waals surface area contributed by atoms with Crippen molar-refractivity contribution in [3.05, 3.63) is 23.9 Å². The highest BCUT2D eigenvalue weighted by atomic mass is 16.5. The lowest BCUT2D eigenvalue weighted by molar-refractivity contribution is 0.00508. The number of methoxy groups -OCH3 is 1. The van der Waals surface area contributed by atoms with E-state index < -0.39 is 0 Å². The molecule has 1 aromatic rings. The van der Waals surface area contributed by atoms with Gasteiger partial charge in [-0.15, -0.1) is 0 Å². The Morgan fingerprint density at radius 2 is 2.18 bits per heavy atom. The monoisotopic (exact) mass is 237 g/mol. The Labute approximate surface area is 101 Å². The Balaban J connectivity index is 2.52. The van der Waals surface area contributed by atoms with Crippen LogP contribution in [0.2, 0.25) is 0 Å². The first kappa shape index (κ1) is 13.4. The van der Waals surface area contributed by atoms with Crippen LogP contribution in [0.3, 0.4) is 0 Å². The molecule has 1 aromatic heterocycles. The molecule has 0 fully saturated rings. The molecule has 5 nitrogen and oxygen atoms in total. The van der Waals surface area contributed by atoms with E-state index in [0.717, 1.165) is 6.42 Å². The van der Waals surface area contributed by atoms with Crippen LogP contribution in [0.15, 0.2) is 18.2 Å². The molecule has 0 radical (unpaired) electrons. The Hall–Kier alpha value is -1.62. The number of hydrogen-bond acceptors (Lipinski definition) is 4. The highest BCUT2D eigenvalue weighted by molar-refractivity contribution is 5.93. The third-order valence-electron chi connectivity index (χ3n) is 2.51. The summed E-state index contributed by atoms with van der Waals surface area (Å²) in [7, 11) is 1.68. The quantitative estimate of drug-likeness (QED) is 0.581. The molecule has 3 N–H and O–H groups in total. The van der Waals surface area contributed by atoms with Gasteiger partial charge in [0.05, 0.1) is 12.2 Å². The zero-order valence-corrected chi connectivity index (χ0v) is 10.5. The van der Waals surface area contributed by atoms with Crippen molar-refractivity contribution in [2.45, 2.75) is 25.9 Å². The van der Waals surface area contributed by atoms with Gasteiger partial charge in [-0.3, -0.25) is 5.41 Å². The molecule has 0 atom stereocenters. The van der Waals surface area contributed by atoms with Gasteiger partial charge in [-0.1, -0.05) is 6.07 Å². The summed E-state index contributed by atoms with van der Waals surface area (Å²) < 4.78 is 10.8. The third kappa shape index (κ3) is 4.40. The standard InChI is InChI=1S/C12H19N3O2/c1-12(2,16-3)7-8-17-10-6-4-5-9(15-10)11(13)14/h4-6H,7-8H2,1-3H3,(H3,13,14). The zero-order chi connectivity index (χ0) is 12.9. The molecule has 1 heterocycles. The topological polar surface area (TPSA) is 81.2 Å². The number of pyridine rings is 1. The molecule has 94 valence electrons. The number of hydrogen-bond donors (Lipinski definition) is 2. The molecule has 0 bridgehead atoms. The smallest absolute Gasteiger partial charge is 0.213 e. The van der Waals surface area contributed by atoms with Crippen molar-refractivity contribution in [2.24, 2.45) is 5.73 Å². The molecule has 0 saturated heterocycles. The average molecular weight is 237 g/mol. The fraction of sp³-hybridized carbons (Fsp3) is 0.500. The van der Waals surface area contributed by atoms with E-state index in [0.29, 0.717) is 18.2 Å². The predicted molar refractivity (Wildman–Crippen MR) is 66.5 cm³/mol. The van der Waals surface area contributed by atoms with Crippen molar-refractivity contribution in [3.8, 4) is 5.88 Å². The van der Waals surface area contributed by atoms with E-state index in [9.17, 15) is 0 Å². The Morgan fingerprint density at radius 1 is 1.47 bits per heavy atom. The summed E-state index contributed by atoms with van der Waals surface area (Å²) in [4.78, 5) is 4.11. The van der Waals surface area contributed by atoms with E-state index in [2.05, 4.69) is 4.98 Å². The fourth-order valence-corrected chi connectivity index (χ4v) is 1.15. The van der Waals surface area contributed by atoms with Gasteiger partial charge in [-0.05, 0) is 19.9 Å². The van der Waals surface area contributed by atoms with Crippen molar-refractivity contribution in [1.82, 2.24) is 4.98 Å². The van der Waals surface area contributed by atoms with Crippen molar-refractivity contribution in [2.75, 3.05) is 13.7 Å². The number of nitrogens with one attached hydrogen (secondary N) is 1.